The molecule has 1 aliphatic rings. The Morgan fingerprint density at radius 1 is 1.06 bits per heavy atom. The molecule has 0 radical (unpaired) electrons. The minimum atomic E-state index is -0.187. The highest BCUT2D eigenvalue weighted by Gasteiger charge is 2.34. The molecule has 6 nitrogen and oxygen atoms in total. The highest BCUT2D eigenvalue weighted by Crippen LogP contribution is 2.34. The van der Waals surface area contributed by atoms with E-state index in [1.807, 2.05) is 49.1 Å². The van der Waals surface area contributed by atoms with E-state index in [4.69, 9.17) is 9.47 Å². The first kappa shape index (κ1) is 23.8. The molecule has 0 saturated heterocycles. The summed E-state index contributed by atoms with van der Waals surface area (Å²) in [6.45, 7) is 4.85. The quantitative estimate of drug-likeness (QED) is 0.466. The standard InChI is InChI=1S/C27H30N2O4S/c1-19(2)29(27(31)20-9-11-21(32-3)12-10-20)17-26(30)28-15-13-25-23(14-16-34-25)24(28)18-33-22-7-5-4-6-8-22/h4-12,14,16,19,24H,13,15,17-18H2,1-3H3. The van der Waals surface area contributed by atoms with Gasteiger partial charge in [0, 0.05) is 23.0 Å². The lowest BCUT2D eigenvalue weighted by Crippen LogP contribution is -2.49. The summed E-state index contributed by atoms with van der Waals surface area (Å²) in [5.41, 5.74) is 1.67. The van der Waals surface area contributed by atoms with E-state index in [-0.39, 0.29) is 30.4 Å². The van der Waals surface area contributed by atoms with Crippen LogP contribution in [-0.4, -0.2) is 54.5 Å². The van der Waals surface area contributed by atoms with E-state index in [1.165, 1.54) is 4.88 Å². The SMILES string of the molecule is COc1ccc(C(=O)N(CC(=O)N2CCc3sccc3C2COc2ccccc2)C(C)C)cc1. The average molecular weight is 479 g/mol. The van der Waals surface area contributed by atoms with Crippen molar-refractivity contribution in [1.82, 2.24) is 9.80 Å². The summed E-state index contributed by atoms with van der Waals surface area (Å²) in [6, 6.07) is 18.4. The van der Waals surface area contributed by atoms with Crippen LogP contribution < -0.4 is 9.47 Å². The maximum atomic E-state index is 13.6. The predicted molar refractivity (Wildman–Crippen MR) is 134 cm³/mol. The summed E-state index contributed by atoms with van der Waals surface area (Å²) in [6.07, 6.45) is 0.814. The molecule has 0 aliphatic carbocycles. The molecule has 178 valence electrons. The lowest BCUT2D eigenvalue weighted by atomic mass is 10.00. The highest BCUT2D eigenvalue weighted by molar-refractivity contribution is 7.10. The number of rotatable bonds is 8. The summed E-state index contributed by atoms with van der Waals surface area (Å²) >= 11 is 1.72. The molecule has 2 amide bonds. The van der Waals surface area contributed by atoms with E-state index >= 15 is 0 Å². The smallest absolute Gasteiger partial charge is 0.254 e. The zero-order valence-electron chi connectivity index (χ0n) is 19.8. The fourth-order valence-electron chi connectivity index (χ4n) is 4.19. The van der Waals surface area contributed by atoms with Crippen molar-refractivity contribution in [1.29, 1.82) is 0 Å². The van der Waals surface area contributed by atoms with Gasteiger partial charge in [-0.15, -0.1) is 11.3 Å². The second-order valence-electron chi connectivity index (χ2n) is 8.53. The van der Waals surface area contributed by atoms with E-state index in [0.29, 0.717) is 24.5 Å². The third kappa shape index (κ3) is 5.25. The van der Waals surface area contributed by atoms with Crippen LogP contribution in [0.25, 0.3) is 0 Å². The number of nitrogens with zero attached hydrogens (tertiary/aromatic N) is 2. The molecule has 0 N–H and O–H groups in total. The molecular weight excluding hydrogens is 448 g/mol. The van der Waals surface area contributed by atoms with Gasteiger partial charge in [0.15, 0.2) is 0 Å². The van der Waals surface area contributed by atoms with Gasteiger partial charge in [-0.05, 0) is 73.7 Å². The van der Waals surface area contributed by atoms with Crippen LogP contribution in [0.2, 0.25) is 0 Å². The summed E-state index contributed by atoms with van der Waals surface area (Å²) in [4.78, 5) is 31.6. The van der Waals surface area contributed by atoms with Gasteiger partial charge in [-0.25, -0.2) is 0 Å². The van der Waals surface area contributed by atoms with E-state index in [0.717, 1.165) is 17.7 Å². The van der Waals surface area contributed by atoms with E-state index in [2.05, 4.69) is 11.4 Å². The van der Waals surface area contributed by atoms with Crippen molar-refractivity contribution >= 4 is 23.2 Å². The van der Waals surface area contributed by atoms with Gasteiger partial charge in [0.1, 0.15) is 24.7 Å². The second kappa shape index (κ2) is 10.7. The fraction of sp³-hybridized carbons (Fsp3) is 0.333. The minimum Gasteiger partial charge on any atom is -0.497 e. The monoisotopic (exact) mass is 478 g/mol. The Hall–Kier alpha value is -3.32. The Bertz CT molecular complexity index is 1110. The van der Waals surface area contributed by atoms with Gasteiger partial charge < -0.3 is 19.3 Å². The maximum absolute atomic E-state index is 13.6. The lowest BCUT2D eigenvalue weighted by Gasteiger charge is -2.37. The van der Waals surface area contributed by atoms with Crippen LogP contribution >= 0.6 is 11.3 Å². The van der Waals surface area contributed by atoms with Crippen LogP contribution in [0.1, 0.15) is 40.7 Å². The van der Waals surface area contributed by atoms with Crippen LogP contribution in [0.3, 0.4) is 0 Å². The molecule has 34 heavy (non-hydrogen) atoms. The van der Waals surface area contributed by atoms with Crippen molar-refractivity contribution in [3.05, 3.63) is 82.0 Å². The molecule has 7 heteroatoms. The van der Waals surface area contributed by atoms with Gasteiger partial charge in [0.05, 0.1) is 13.2 Å². The lowest BCUT2D eigenvalue weighted by molar-refractivity contribution is -0.136. The Balaban J connectivity index is 1.51. The number of amides is 2. The first-order valence-electron chi connectivity index (χ1n) is 11.5. The normalized spacial score (nSPS) is 15.1. The minimum absolute atomic E-state index is 0.0177. The van der Waals surface area contributed by atoms with E-state index in [1.54, 1.807) is 47.6 Å². The van der Waals surface area contributed by atoms with Gasteiger partial charge >= 0.3 is 0 Å². The van der Waals surface area contributed by atoms with Crippen molar-refractivity contribution in [3.63, 3.8) is 0 Å². The van der Waals surface area contributed by atoms with Crippen LogP contribution in [0.15, 0.2) is 66.0 Å². The van der Waals surface area contributed by atoms with E-state index in [9.17, 15) is 9.59 Å². The molecule has 3 aromatic rings. The van der Waals surface area contributed by atoms with Crippen LogP contribution in [0.4, 0.5) is 0 Å². The summed E-state index contributed by atoms with van der Waals surface area (Å²) in [7, 11) is 1.59. The summed E-state index contributed by atoms with van der Waals surface area (Å²) in [5, 5.41) is 2.07. The number of para-hydroxylation sites is 1. The molecule has 1 unspecified atom stereocenters. The number of thiophene rings is 1. The van der Waals surface area contributed by atoms with Gasteiger partial charge in [0.25, 0.3) is 5.91 Å². The van der Waals surface area contributed by atoms with Crippen LogP contribution in [-0.2, 0) is 11.2 Å². The number of fused-ring (bicyclic) bond motifs is 1. The fourth-order valence-corrected chi connectivity index (χ4v) is 5.12. The zero-order chi connectivity index (χ0) is 24.1. The molecular formula is C27H30N2O4S. The third-order valence-corrected chi connectivity index (χ3v) is 7.09. The molecule has 0 bridgehead atoms. The molecule has 1 aromatic heterocycles. The van der Waals surface area contributed by atoms with E-state index < -0.39 is 0 Å². The first-order valence-corrected chi connectivity index (χ1v) is 12.3. The predicted octanol–water partition coefficient (Wildman–Crippen LogP) is 4.81. The average Bonchev–Trinajstić information content (AvgIpc) is 3.35. The molecule has 4 rings (SSSR count). The largest absolute Gasteiger partial charge is 0.497 e. The van der Waals surface area contributed by atoms with Crippen LogP contribution in [0, 0.1) is 0 Å². The van der Waals surface area contributed by atoms with Crippen molar-refractivity contribution < 1.29 is 19.1 Å². The first-order chi connectivity index (χ1) is 16.5. The number of carbonyl (C=O) groups excluding carboxylic acids is 2. The Morgan fingerprint density at radius 2 is 1.79 bits per heavy atom. The molecule has 0 spiro atoms. The summed E-state index contributed by atoms with van der Waals surface area (Å²) in [5.74, 6) is 1.21. The number of hydrogen-bond donors (Lipinski definition) is 0. The Kier molecular flexibility index (Phi) is 7.53. The Morgan fingerprint density at radius 3 is 2.47 bits per heavy atom. The highest BCUT2D eigenvalue weighted by atomic mass is 32.1. The molecule has 2 heterocycles. The molecule has 2 aromatic carbocycles. The molecule has 1 atom stereocenters. The second-order valence-corrected chi connectivity index (χ2v) is 9.53. The zero-order valence-corrected chi connectivity index (χ0v) is 20.6. The maximum Gasteiger partial charge on any atom is 0.254 e. The van der Waals surface area contributed by atoms with Gasteiger partial charge in [-0.1, -0.05) is 18.2 Å². The van der Waals surface area contributed by atoms with Gasteiger partial charge in [0.2, 0.25) is 5.91 Å². The van der Waals surface area contributed by atoms with Crippen molar-refractivity contribution in [2.45, 2.75) is 32.4 Å². The van der Waals surface area contributed by atoms with Gasteiger partial charge in [-0.2, -0.15) is 0 Å². The molecule has 0 fully saturated rings. The molecule has 1 aliphatic heterocycles. The van der Waals surface area contributed by atoms with Crippen molar-refractivity contribution in [3.8, 4) is 11.5 Å². The number of carbonyl (C=O) groups is 2. The topological polar surface area (TPSA) is 59.1 Å². The summed E-state index contributed by atoms with van der Waals surface area (Å²) < 4.78 is 11.3. The number of hydrogen-bond acceptors (Lipinski definition) is 5. The number of benzene rings is 2. The van der Waals surface area contributed by atoms with Crippen molar-refractivity contribution in [2.24, 2.45) is 0 Å². The Labute approximate surface area is 204 Å². The third-order valence-electron chi connectivity index (χ3n) is 6.09. The van der Waals surface area contributed by atoms with Crippen molar-refractivity contribution in [2.75, 3.05) is 26.8 Å². The van der Waals surface area contributed by atoms with Gasteiger partial charge in [-0.3, -0.25) is 9.59 Å². The number of methoxy groups -OCH3 is 1. The number of ether oxygens (including phenoxy) is 2. The molecule has 0 saturated carbocycles. The van der Waals surface area contributed by atoms with Crippen LogP contribution in [0.5, 0.6) is 11.5 Å².